The summed E-state index contributed by atoms with van der Waals surface area (Å²) in [4.78, 5) is 0. The van der Waals surface area contributed by atoms with Gasteiger partial charge in [-0.05, 0) is 61.8 Å². The predicted molar refractivity (Wildman–Crippen MR) is 98.4 cm³/mol. The Morgan fingerprint density at radius 1 is 1.29 bits per heavy atom. The molecular weight excluding hydrogens is 300 g/mol. The number of hydrogen-bond donors (Lipinski definition) is 3. The molecule has 2 unspecified atom stereocenters. The van der Waals surface area contributed by atoms with Gasteiger partial charge in [-0.2, -0.15) is 0 Å². The van der Waals surface area contributed by atoms with Gasteiger partial charge in [-0.3, -0.25) is 0 Å². The lowest BCUT2D eigenvalue weighted by molar-refractivity contribution is 0.314. The third-order valence-corrected chi connectivity index (χ3v) is 4.88. The van der Waals surface area contributed by atoms with Crippen molar-refractivity contribution in [3.63, 3.8) is 0 Å². The Kier molecular flexibility index (Phi) is 5.10. The first-order valence-electron chi connectivity index (χ1n) is 10.1. The van der Waals surface area contributed by atoms with E-state index in [-0.39, 0.29) is 36.4 Å². The maximum Gasteiger partial charge on any atom is 0.123 e. The number of unbranched alkanes of at least 4 members (excludes halogenated alkanes) is 1. The zero-order valence-corrected chi connectivity index (χ0v) is 14.4. The second kappa shape index (κ2) is 8.39. The lowest BCUT2D eigenvalue weighted by atomic mass is 9.73. The molecule has 132 valence electrons. The number of phenolic OH excluding ortho intramolecular Hbond substituents is 2. The van der Waals surface area contributed by atoms with Gasteiger partial charge in [-0.25, -0.2) is 0 Å². The first-order valence-corrected chi connectivity index (χ1v) is 8.63. The molecule has 0 saturated carbocycles. The van der Waals surface area contributed by atoms with Crippen LogP contribution in [0.15, 0.2) is 35.9 Å². The molecule has 2 atom stereocenters. The summed E-state index contributed by atoms with van der Waals surface area (Å²) in [5, 5.41) is 30.7. The molecular formula is C21H30O3. The van der Waals surface area contributed by atoms with Crippen molar-refractivity contribution < 1.29 is 19.4 Å². The van der Waals surface area contributed by atoms with Crippen LogP contribution in [0, 0.1) is 5.92 Å². The highest BCUT2D eigenvalue weighted by molar-refractivity contribution is 5.52. The van der Waals surface area contributed by atoms with E-state index in [0.29, 0.717) is 24.8 Å². The van der Waals surface area contributed by atoms with Gasteiger partial charge in [-0.1, -0.05) is 37.9 Å². The highest BCUT2D eigenvalue weighted by atomic mass is 16.3. The summed E-state index contributed by atoms with van der Waals surface area (Å²) in [6, 6.07) is 3.31. The minimum absolute atomic E-state index is 0.0253. The predicted octanol–water partition coefficient (Wildman–Crippen LogP) is 4.82. The number of hydrogen-bond acceptors (Lipinski definition) is 3. The van der Waals surface area contributed by atoms with Crippen LogP contribution in [0.4, 0.5) is 0 Å². The average molecular weight is 333 g/mol. The lowest BCUT2D eigenvalue weighted by Gasteiger charge is -2.31. The molecule has 3 heteroatoms. The second-order valence-electron chi connectivity index (χ2n) is 6.76. The average Bonchev–Trinajstić information content (AvgIpc) is 2.57. The van der Waals surface area contributed by atoms with Crippen molar-refractivity contribution in [2.45, 2.75) is 58.2 Å². The zero-order chi connectivity index (χ0) is 20.2. The van der Waals surface area contributed by atoms with Gasteiger partial charge in [0.15, 0.2) is 0 Å². The molecule has 0 amide bonds. The van der Waals surface area contributed by atoms with E-state index >= 15 is 0 Å². The third-order valence-electron chi connectivity index (χ3n) is 4.88. The maximum atomic E-state index is 10.6. The van der Waals surface area contributed by atoms with Crippen molar-refractivity contribution in [3.05, 3.63) is 47.1 Å². The summed E-state index contributed by atoms with van der Waals surface area (Å²) in [7, 11) is 0. The van der Waals surface area contributed by atoms with E-state index in [1.165, 1.54) is 0 Å². The van der Waals surface area contributed by atoms with Gasteiger partial charge < -0.3 is 15.3 Å². The van der Waals surface area contributed by atoms with Crippen LogP contribution < -0.4 is 0 Å². The lowest BCUT2D eigenvalue weighted by Crippen LogP contribution is -2.18. The number of aliphatic hydroxyl groups is 1. The number of aryl methyl sites for hydroxylation is 1. The molecule has 0 aromatic heterocycles. The van der Waals surface area contributed by atoms with Gasteiger partial charge in [0.25, 0.3) is 0 Å². The Morgan fingerprint density at radius 3 is 2.58 bits per heavy atom. The monoisotopic (exact) mass is 333 g/mol. The fourth-order valence-electron chi connectivity index (χ4n) is 3.56. The van der Waals surface area contributed by atoms with E-state index in [4.69, 9.17) is 4.11 Å². The molecule has 1 aliphatic rings. The molecule has 0 saturated heterocycles. The van der Waals surface area contributed by atoms with Crippen molar-refractivity contribution >= 4 is 0 Å². The topological polar surface area (TPSA) is 60.7 Å². The van der Waals surface area contributed by atoms with Crippen LogP contribution in [-0.4, -0.2) is 21.9 Å². The largest absolute Gasteiger partial charge is 0.507 e. The summed E-state index contributed by atoms with van der Waals surface area (Å²) in [6.07, 6.45) is 5.57. The van der Waals surface area contributed by atoms with Crippen molar-refractivity contribution in [2.24, 2.45) is 5.92 Å². The fraction of sp³-hybridized carbons (Fsp3) is 0.524. The van der Waals surface area contributed by atoms with E-state index in [2.05, 4.69) is 6.58 Å². The smallest absolute Gasteiger partial charge is 0.123 e. The van der Waals surface area contributed by atoms with Crippen LogP contribution in [0.3, 0.4) is 0 Å². The first kappa shape index (κ1) is 14.6. The Morgan fingerprint density at radius 2 is 2.00 bits per heavy atom. The molecule has 2 rings (SSSR count). The maximum absolute atomic E-state index is 10.6. The van der Waals surface area contributed by atoms with E-state index in [1.54, 1.807) is 12.1 Å². The highest BCUT2D eigenvalue weighted by Crippen LogP contribution is 2.46. The number of allylic oxidation sites excluding steroid dienone is 2. The Balaban J connectivity index is 2.21. The molecule has 3 nitrogen and oxygen atoms in total. The molecule has 0 aliphatic heterocycles. The van der Waals surface area contributed by atoms with Gasteiger partial charge in [0, 0.05) is 15.6 Å². The van der Waals surface area contributed by atoms with E-state index in [1.807, 2.05) is 13.0 Å². The molecule has 0 fully saturated rings. The normalized spacial score (nSPS) is 23.1. The SMILES string of the molecule is [2H]C([2H])([2H])CCCCc1cc(O)c(C2C=C(CO)CCC2C(=C)C)c(O)c1. The minimum atomic E-state index is -1.91. The Labute approximate surface area is 149 Å². The molecule has 1 aromatic rings. The van der Waals surface area contributed by atoms with Gasteiger partial charge in [-0.15, -0.1) is 0 Å². The van der Waals surface area contributed by atoms with Crippen LogP contribution in [0.5, 0.6) is 11.5 Å². The van der Waals surface area contributed by atoms with Crippen LogP contribution in [0.25, 0.3) is 0 Å². The molecule has 0 bridgehead atoms. The number of aromatic hydroxyl groups is 2. The summed E-state index contributed by atoms with van der Waals surface area (Å²) in [6.45, 7) is 4.06. The quantitative estimate of drug-likeness (QED) is 0.495. The molecule has 1 aliphatic carbocycles. The van der Waals surface area contributed by atoms with Crippen LogP contribution >= 0.6 is 0 Å². The minimum Gasteiger partial charge on any atom is -0.507 e. The van der Waals surface area contributed by atoms with E-state index in [0.717, 1.165) is 29.6 Å². The van der Waals surface area contributed by atoms with Gasteiger partial charge in [0.05, 0.1) is 6.61 Å². The van der Waals surface area contributed by atoms with Crippen molar-refractivity contribution in [3.8, 4) is 11.5 Å². The van der Waals surface area contributed by atoms with Crippen molar-refractivity contribution in [1.82, 2.24) is 0 Å². The van der Waals surface area contributed by atoms with Crippen LogP contribution in [0.2, 0.25) is 0 Å². The summed E-state index contributed by atoms with van der Waals surface area (Å²) in [5.74, 6) is -0.0507. The van der Waals surface area contributed by atoms with Crippen molar-refractivity contribution in [2.75, 3.05) is 6.61 Å². The Hall–Kier alpha value is -1.74. The molecule has 0 spiro atoms. The standard InChI is InChI=1S/C21H30O3/c1-4-5-6-7-15-11-19(23)21(20(24)12-15)18-10-16(13-22)8-9-17(18)14(2)3/h10-12,17-18,22-24H,2,4-9,13H2,1,3H3/i1D3. The third kappa shape index (κ3) is 4.21. The fourth-order valence-corrected chi connectivity index (χ4v) is 3.56. The molecule has 3 N–H and O–H groups in total. The van der Waals surface area contributed by atoms with Crippen LogP contribution in [0.1, 0.15) is 67.0 Å². The molecule has 0 heterocycles. The highest BCUT2D eigenvalue weighted by Gasteiger charge is 2.30. The number of benzene rings is 1. The molecule has 24 heavy (non-hydrogen) atoms. The zero-order valence-electron chi connectivity index (χ0n) is 17.4. The number of aliphatic hydroxyl groups excluding tert-OH is 1. The first-order chi connectivity index (χ1) is 12.6. The number of rotatable bonds is 7. The van der Waals surface area contributed by atoms with E-state index in [9.17, 15) is 15.3 Å². The molecule has 1 aromatic carbocycles. The summed E-state index contributed by atoms with van der Waals surface area (Å²) < 4.78 is 21.7. The second-order valence-corrected chi connectivity index (χ2v) is 6.76. The molecule has 0 radical (unpaired) electrons. The van der Waals surface area contributed by atoms with Gasteiger partial charge >= 0.3 is 0 Å². The van der Waals surface area contributed by atoms with Crippen LogP contribution in [-0.2, 0) is 6.42 Å². The Bertz CT molecular complexity index is 684. The van der Waals surface area contributed by atoms with E-state index < -0.39 is 6.85 Å². The summed E-state index contributed by atoms with van der Waals surface area (Å²) >= 11 is 0. The summed E-state index contributed by atoms with van der Waals surface area (Å²) in [5.41, 5.74) is 3.15. The number of phenols is 2. The van der Waals surface area contributed by atoms with Gasteiger partial charge in [0.2, 0.25) is 0 Å². The van der Waals surface area contributed by atoms with Crippen molar-refractivity contribution in [1.29, 1.82) is 0 Å². The van der Waals surface area contributed by atoms with Gasteiger partial charge in [0.1, 0.15) is 11.5 Å².